The zero-order valence-corrected chi connectivity index (χ0v) is 49.2. The standard InChI is InChI=1S/C83H57N5/c1-82(2)68-24-11-5-18-56(68)58-38-36-54(48-70(58)82)85-72-26-13-7-20-60(72)64-44-50(32-40-76(64)85)52-34-42-78-66(46-52)62-22-9-15-28-74(62)87(78)80-30-17-31-81(84-80)88-75-29-16-10-23-63(75)67-47-53(35-43-79(67)88)51-33-41-77-65(45-51)61-21-8-14-27-73(61)86(77)55-37-39-59-57-19-6-12-25-69(57)83(3,4)71(59)49-55/h5-49H,1-4H3. The Bertz CT molecular complexity index is 5530. The number of hydrogen-bond donors (Lipinski definition) is 0. The van der Waals surface area contributed by atoms with E-state index in [1.54, 1.807) is 0 Å². The Labute approximate surface area is 508 Å². The molecule has 0 radical (unpaired) electrons. The summed E-state index contributed by atoms with van der Waals surface area (Å²) >= 11 is 0. The highest BCUT2D eigenvalue weighted by molar-refractivity contribution is 6.15. The van der Waals surface area contributed by atoms with Crippen molar-refractivity contribution in [3.63, 3.8) is 0 Å². The van der Waals surface area contributed by atoms with Crippen LogP contribution in [0.2, 0.25) is 0 Å². The van der Waals surface area contributed by atoms with E-state index in [1.165, 1.54) is 143 Å². The highest BCUT2D eigenvalue weighted by Crippen LogP contribution is 2.52. The summed E-state index contributed by atoms with van der Waals surface area (Å²) in [5.74, 6) is 1.74. The van der Waals surface area contributed by atoms with Gasteiger partial charge in [-0.05, 0) is 176 Å². The molecule has 5 heterocycles. The largest absolute Gasteiger partial charge is 0.309 e. The Morgan fingerprint density at radius 3 is 0.898 bits per heavy atom. The molecule has 0 unspecified atom stereocenters. The van der Waals surface area contributed by atoms with Gasteiger partial charge in [0.25, 0.3) is 0 Å². The van der Waals surface area contributed by atoms with Gasteiger partial charge in [-0.25, -0.2) is 4.98 Å². The molecule has 0 saturated heterocycles. The molecule has 0 saturated carbocycles. The van der Waals surface area contributed by atoms with Crippen LogP contribution >= 0.6 is 0 Å². The number of rotatable bonds is 6. The molecule has 0 fully saturated rings. The van der Waals surface area contributed by atoms with Crippen molar-refractivity contribution in [2.24, 2.45) is 0 Å². The summed E-state index contributed by atoms with van der Waals surface area (Å²) < 4.78 is 9.60. The van der Waals surface area contributed by atoms with Gasteiger partial charge in [-0.1, -0.05) is 191 Å². The van der Waals surface area contributed by atoms with Gasteiger partial charge in [-0.15, -0.1) is 0 Å². The maximum Gasteiger partial charge on any atom is 0.140 e. The monoisotopic (exact) mass is 1120 g/mol. The molecule has 17 aromatic rings. The van der Waals surface area contributed by atoms with E-state index in [1.807, 2.05) is 0 Å². The molecular formula is C83H57N5. The second-order valence-corrected chi connectivity index (χ2v) is 25.5. The van der Waals surface area contributed by atoms with Crippen LogP contribution in [0.4, 0.5) is 0 Å². The molecule has 19 rings (SSSR count). The van der Waals surface area contributed by atoms with Crippen LogP contribution in [0, 0.1) is 0 Å². The maximum absolute atomic E-state index is 5.60. The number of nitrogens with zero attached hydrogens (tertiary/aromatic N) is 5. The van der Waals surface area contributed by atoms with E-state index in [2.05, 4.69) is 319 Å². The fourth-order valence-electron chi connectivity index (χ4n) is 16.0. The number of para-hydroxylation sites is 4. The molecule has 414 valence electrons. The molecule has 0 aliphatic heterocycles. The van der Waals surface area contributed by atoms with Crippen LogP contribution in [0.3, 0.4) is 0 Å². The summed E-state index contributed by atoms with van der Waals surface area (Å²) in [7, 11) is 0. The van der Waals surface area contributed by atoms with Gasteiger partial charge in [0.1, 0.15) is 11.6 Å². The third-order valence-corrected chi connectivity index (χ3v) is 20.2. The van der Waals surface area contributed by atoms with Crippen molar-refractivity contribution in [3.8, 4) is 67.5 Å². The first-order chi connectivity index (χ1) is 43.2. The van der Waals surface area contributed by atoms with Gasteiger partial charge >= 0.3 is 0 Å². The van der Waals surface area contributed by atoms with E-state index in [0.717, 1.165) is 33.7 Å². The van der Waals surface area contributed by atoms with Crippen LogP contribution in [0.1, 0.15) is 49.9 Å². The number of pyridine rings is 1. The van der Waals surface area contributed by atoms with Crippen LogP contribution in [0.5, 0.6) is 0 Å². The van der Waals surface area contributed by atoms with E-state index in [0.29, 0.717) is 0 Å². The second-order valence-electron chi connectivity index (χ2n) is 25.5. The fraction of sp³-hybridized carbons (Fsp3) is 0.0723. The summed E-state index contributed by atoms with van der Waals surface area (Å²) in [6.07, 6.45) is 0. The lowest BCUT2D eigenvalue weighted by Crippen LogP contribution is -2.15. The summed E-state index contributed by atoms with van der Waals surface area (Å²) in [5.41, 5.74) is 27.1. The molecule has 2 aliphatic carbocycles. The van der Waals surface area contributed by atoms with Crippen LogP contribution in [0.25, 0.3) is 155 Å². The Morgan fingerprint density at radius 2 is 0.523 bits per heavy atom. The SMILES string of the molecule is CC1(C)c2ccccc2-c2ccc(-n3c4ccccc4c4cc(-c5ccc6c(c5)c5ccccc5n6-c5cccc(-n6c7ccccc7c7cc(-c8ccc9c(c8)c8ccccc8n9-c8ccc9c(c8)C(C)(C)c8ccccc8-9)ccc76)n5)ccc43)cc21. The van der Waals surface area contributed by atoms with E-state index in [-0.39, 0.29) is 10.8 Å². The molecule has 5 aromatic heterocycles. The second kappa shape index (κ2) is 17.8. The minimum absolute atomic E-state index is 0.0888. The number of hydrogen-bond acceptors (Lipinski definition) is 1. The van der Waals surface area contributed by atoms with Crippen molar-refractivity contribution in [3.05, 3.63) is 295 Å². The molecule has 0 atom stereocenters. The topological polar surface area (TPSA) is 32.6 Å². The average Bonchev–Trinajstić information content (AvgIpc) is 1.78. The van der Waals surface area contributed by atoms with Gasteiger partial charge in [0.15, 0.2) is 0 Å². The molecule has 5 nitrogen and oxygen atoms in total. The van der Waals surface area contributed by atoms with E-state index < -0.39 is 0 Å². The van der Waals surface area contributed by atoms with Crippen LogP contribution in [0.15, 0.2) is 273 Å². The van der Waals surface area contributed by atoms with E-state index >= 15 is 0 Å². The molecule has 5 heteroatoms. The minimum atomic E-state index is -0.0888. The average molecular weight is 1120 g/mol. The van der Waals surface area contributed by atoms with E-state index in [9.17, 15) is 0 Å². The molecule has 0 bridgehead atoms. The van der Waals surface area contributed by atoms with Gasteiger partial charge in [0.2, 0.25) is 0 Å². The lowest BCUT2D eigenvalue weighted by molar-refractivity contribution is 0.660. The summed E-state index contributed by atoms with van der Waals surface area (Å²) in [5, 5.41) is 9.74. The summed E-state index contributed by atoms with van der Waals surface area (Å²) in [6, 6.07) is 102. The highest BCUT2D eigenvalue weighted by Gasteiger charge is 2.37. The van der Waals surface area contributed by atoms with Crippen LogP contribution in [-0.4, -0.2) is 23.3 Å². The Kier molecular flexibility index (Phi) is 9.96. The Balaban J connectivity index is 0.690. The highest BCUT2D eigenvalue weighted by atomic mass is 15.1. The molecule has 0 amide bonds. The van der Waals surface area contributed by atoms with Gasteiger partial charge in [-0.2, -0.15) is 0 Å². The third kappa shape index (κ3) is 6.73. The molecule has 0 N–H and O–H groups in total. The molecular weight excluding hydrogens is 1070 g/mol. The van der Waals surface area contributed by atoms with Gasteiger partial charge in [-0.3, -0.25) is 9.13 Å². The van der Waals surface area contributed by atoms with Crippen molar-refractivity contribution in [1.82, 2.24) is 23.3 Å². The number of aromatic nitrogens is 5. The minimum Gasteiger partial charge on any atom is -0.309 e. The smallest absolute Gasteiger partial charge is 0.140 e. The zero-order valence-electron chi connectivity index (χ0n) is 49.2. The van der Waals surface area contributed by atoms with Crippen molar-refractivity contribution in [2.45, 2.75) is 38.5 Å². The zero-order chi connectivity index (χ0) is 58.3. The van der Waals surface area contributed by atoms with Crippen molar-refractivity contribution in [2.75, 3.05) is 0 Å². The first-order valence-corrected chi connectivity index (χ1v) is 30.8. The Hall–Kier alpha value is -11.0. The Morgan fingerprint density at radius 1 is 0.227 bits per heavy atom. The first-order valence-electron chi connectivity index (χ1n) is 30.8. The molecule has 2 aliphatic rings. The quantitative estimate of drug-likeness (QED) is 0.163. The van der Waals surface area contributed by atoms with Crippen LogP contribution < -0.4 is 0 Å². The van der Waals surface area contributed by atoms with Crippen LogP contribution in [-0.2, 0) is 10.8 Å². The number of benzene rings is 12. The van der Waals surface area contributed by atoms with E-state index in [4.69, 9.17) is 4.98 Å². The lowest BCUT2D eigenvalue weighted by atomic mass is 9.82. The molecule has 0 spiro atoms. The summed E-state index contributed by atoms with van der Waals surface area (Å²) in [6.45, 7) is 9.44. The third-order valence-electron chi connectivity index (χ3n) is 20.2. The summed E-state index contributed by atoms with van der Waals surface area (Å²) in [4.78, 5) is 5.60. The molecule has 88 heavy (non-hydrogen) atoms. The molecule has 12 aromatic carbocycles. The predicted molar refractivity (Wildman–Crippen MR) is 368 cm³/mol. The predicted octanol–water partition coefficient (Wildman–Crippen LogP) is 21.4. The van der Waals surface area contributed by atoms with Gasteiger partial charge < -0.3 is 9.13 Å². The lowest BCUT2D eigenvalue weighted by Gasteiger charge is -2.22. The normalized spacial score (nSPS) is 13.9. The fourth-order valence-corrected chi connectivity index (χ4v) is 16.0. The van der Waals surface area contributed by atoms with Gasteiger partial charge in [0, 0.05) is 65.3 Å². The number of fused-ring (bicyclic) bond motifs is 18. The maximum atomic E-state index is 5.60. The van der Waals surface area contributed by atoms with Gasteiger partial charge in [0.05, 0.1) is 44.1 Å². The van der Waals surface area contributed by atoms with Crippen molar-refractivity contribution in [1.29, 1.82) is 0 Å². The van der Waals surface area contributed by atoms with Crippen molar-refractivity contribution >= 4 is 87.2 Å². The first kappa shape index (κ1) is 49.3. The van der Waals surface area contributed by atoms with Crippen molar-refractivity contribution < 1.29 is 0 Å².